The lowest BCUT2D eigenvalue weighted by molar-refractivity contribution is 0.0465. The van der Waals surface area contributed by atoms with E-state index in [1.54, 1.807) is 24.3 Å². The maximum Gasteiger partial charge on any atom is 0.355 e. The number of aromatic nitrogens is 1. The molecule has 0 spiro atoms. The van der Waals surface area contributed by atoms with Crippen LogP contribution in [-0.2, 0) is 24.3 Å². The maximum absolute atomic E-state index is 12.7. The van der Waals surface area contributed by atoms with Crippen LogP contribution in [0.4, 0.5) is 0 Å². The molecule has 6 heteroatoms. The molecule has 0 unspecified atom stereocenters. The van der Waals surface area contributed by atoms with Crippen LogP contribution < -0.4 is 0 Å². The first-order chi connectivity index (χ1) is 14.5. The molecule has 0 fully saturated rings. The number of amides is 2. The fraction of sp³-hybridized carbons (Fsp3) is 0.208. The number of nitrogens with one attached hydrogen (secondary N) is 1. The van der Waals surface area contributed by atoms with Crippen molar-refractivity contribution >= 4 is 17.8 Å². The first-order valence-corrected chi connectivity index (χ1v) is 9.87. The number of esters is 1. The third-order valence-corrected chi connectivity index (χ3v) is 5.43. The average molecular weight is 402 g/mol. The second-order valence-electron chi connectivity index (χ2n) is 7.24. The minimum Gasteiger partial charge on any atom is -0.456 e. The summed E-state index contributed by atoms with van der Waals surface area (Å²) in [6.45, 7) is 4.08. The standard InChI is InChI=1S/C24H22N2O4/c1-3-17-15(2)21(24(29)30-14-16-9-5-4-6-10-16)25-20(17)13-26-22(27)18-11-7-8-12-19(18)23(26)28/h4-12,25H,3,13-14H2,1-2H3. The third kappa shape index (κ3) is 3.41. The Hall–Kier alpha value is -3.67. The largest absolute Gasteiger partial charge is 0.456 e. The van der Waals surface area contributed by atoms with Crippen molar-refractivity contribution in [3.63, 3.8) is 0 Å². The minimum atomic E-state index is -0.459. The number of ether oxygens (including phenoxy) is 1. The average Bonchev–Trinajstić information content (AvgIpc) is 3.22. The fourth-order valence-electron chi connectivity index (χ4n) is 3.85. The molecule has 2 aromatic carbocycles. The highest BCUT2D eigenvalue weighted by molar-refractivity contribution is 6.21. The summed E-state index contributed by atoms with van der Waals surface area (Å²) in [4.78, 5) is 42.4. The summed E-state index contributed by atoms with van der Waals surface area (Å²) in [7, 11) is 0. The van der Waals surface area contributed by atoms with Gasteiger partial charge in [0.1, 0.15) is 12.3 Å². The SMILES string of the molecule is CCc1c(CN2C(=O)c3ccccc3C2=O)[nH]c(C(=O)OCc2ccccc2)c1C. The number of nitrogens with zero attached hydrogens (tertiary/aromatic N) is 1. The van der Waals surface area contributed by atoms with Gasteiger partial charge in [0, 0.05) is 5.69 Å². The van der Waals surface area contributed by atoms with Gasteiger partial charge in [-0.2, -0.15) is 0 Å². The van der Waals surface area contributed by atoms with Crippen molar-refractivity contribution in [2.24, 2.45) is 0 Å². The molecular formula is C24H22N2O4. The van der Waals surface area contributed by atoms with E-state index in [0.717, 1.165) is 16.7 Å². The fourth-order valence-corrected chi connectivity index (χ4v) is 3.85. The second kappa shape index (κ2) is 7.99. The zero-order valence-corrected chi connectivity index (χ0v) is 16.9. The number of imide groups is 1. The van der Waals surface area contributed by atoms with E-state index in [-0.39, 0.29) is 25.0 Å². The Morgan fingerprint density at radius 3 is 2.17 bits per heavy atom. The number of hydrogen-bond donors (Lipinski definition) is 1. The van der Waals surface area contributed by atoms with E-state index >= 15 is 0 Å². The molecule has 1 aliphatic heterocycles. The lowest BCUT2D eigenvalue weighted by Gasteiger charge is -2.14. The molecule has 1 N–H and O–H groups in total. The summed E-state index contributed by atoms with van der Waals surface area (Å²) in [5.74, 6) is -1.10. The van der Waals surface area contributed by atoms with Crippen molar-refractivity contribution in [2.75, 3.05) is 0 Å². The van der Waals surface area contributed by atoms with Crippen molar-refractivity contribution < 1.29 is 19.1 Å². The molecule has 0 saturated carbocycles. The Morgan fingerprint density at radius 2 is 1.57 bits per heavy atom. The number of benzene rings is 2. The first kappa shape index (κ1) is 19.6. The molecule has 1 aliphatic rings. The van der Waals surface area contributed by atoms with Crippen molar-refractivity contribution in [3.05, 3.63) is 93.8 Å². The number of aromatic amines is 1. The maximum atomic E-state index is 12.7. The van der Waals surface area contributed by atoms with E-state index in [1.165, 1.54) is 4.90 Å². The van der Waals surface area contributed by atoms with Crippen molar-refractivity contribution in [1.29, 1.82) is 0 Å². The summed E-state index contributed by atoms with van der Waals surface area (Å²) < 4.78 is 5.45. The van der Waals surface area contributed by atoms with E-state index < -0.39 is 5.97 Å². The molecule has 0 saturated heterocycles. The zero-order chi connectivity index (χ0) is 21.3. The second-order valence-corrected chi connectivity index (χ2v) is 7.24. The van der Waals surface area contributed by atoms with Crippen LogP contribution in [-0.4, -0.2) is 27.7 Å². The number of fused-ring (bicyclic) bond motifs is 1. The molecule has 30 heavy (non-hydrogen) atoms. The monoisotopic (exact) mass is 402 g/mol. The van der Waals surface area contributed by atoms with E-state index in [4.69, 9.17) is 4.74 Å². The first-order valence-electron chi connectivity index (χ1n) is 9.87. The molecule has 1 aromatic heterocycles. The predicted octanol–water partition coefficient (Wildman–Crippen LogP) is 4.04. The number of carbonyl (C=O) groups excluding carboxylic acids is 3. The molecule has 0 atom stereocenters. The highest BCUT2D eigenvalue weighted by Gasteiger charge is 2.36. The lowest BCUT2D eigenvalue weighted by Crippen LogP contribution is -2.29. The molecule has 152 valence electrons. The number of hydrogen-bond acceptors (Lipinski definition) is 4. The van der Waals surface area contributed by atoms with Crippen LogP contribution in [0.3, 0.4) is 0 Å². The quantitative estimate of drug-likeness (QED) is 0.499. The van der Waals surface area contributed by atoms with Gasteiger partial charge in [-0.15, -0.1) is 0 Å². The van der Waals surface area contributed by atoms with Crippen LogP contribution in [0.5, 0.6) is 0 Å². The van der Waals surface area contributed by atoms with Crippen LogP contribution in [0.2, 0.25) is 0 Å². The Labute approximate surface area is 174 Å². The molecule has 3 aromatic rings. The lowest BCUT2D eigenvalue weighted by atomic mass is 10.1. The number of rotatable bonds is 6. The molecule has 6 nitrogen and oxygen atoms in total. The number of H-pyrrole nitrogens is 1. The minimum absolute atomic E-state index is 0.0856. The van der Waals surface area contributed by atoms with Gasteiger partial charge < -0.3 is 9.72 Å². The molecule has 0 bridgehead atoms. The Kier molecular flexibility index (Phi) is 5.23. The van der Waals surface area contributed by atoms with Crippen molar-refractivity contribution in [2.45, 2.75) is 33.4 Å². The van der Waals surface area contributed by atoms with Crippen LogP contribution >= 0.6 is 0 Å². The van der Waals surface area contributed by atoms with Gasteiger partial charge in [-0.1, -0.05) is 49.4 Å². The molecular weight excluding hydrogens is 380 g/mol. The third-order valence-electron chi connectivity index (χ3n) is 5.43. The van der Waals surface area contributed by atoms with Gasteiger partial charge >= 0.3 is 5.97 Å². The summed E-state index contributed by atoms with van der Waals surface area (Å²) >= 11 is 0. The van der Waals surface area contributed by atoms with E-state index in [9.17, 15) is 14.4 Å². The predicted molar refractivity (Wildman–Crippen MR) is 111 cm³/mol. The van der Waals surface area contributed by atoms with Gasteiger partial charge in [0.15, 0.2) is 0 Å². The van der Waals surface area contributed by atoms with Gasteiger partial charge in [0.2, 0.25) is 0 Å². The van der Waals surface area contributed by atoms with Crippen LogP contribution in [0.1, 0.15) is 60.5 Å². The zero-order valence-electron chi connectivity index (χ0n) is 16.9. The molecule has 0 radical (unpaired) electrons. The van der Waals surface area contributed by atoms with Gasteiger partial charge in [-0.3, -0.25) is 14.5 Å². The van der Waals surface area contributed by atoms with Crippen molar-refractivity contribution in [3.8, 4) is 0 Å². The topological polar surface area (TPSA) is 79.5 Å². The van der Waals surface area contributed by atoms with Crippen molar-refractivity contribution in [1.82, 2.24) is 9.88 Å². The summed E-state index contributed by atoms with van der Waals surface area (Å²) in [5.41, 5.74) is 4.45. The number of carbonyl (C=O) groups is 3. The summed E-state index contributed by atoms with van der Waals surface area (Å²) in [5, 5.41) is 0. The van der Waals surface area contributed by atoms with Gasteiger partial charge in [0.25, 0.3) is 11.8 Å². The van der Waals surface area contributed by atoms with Gasteiger partial charge in [-0.05, 0) is 42.2 Å². The Morgan fingerprint density at radius 1 is 0.967 bits per heavy atom. The Bertz CT molecular complexity index is 1100. The molecule has 2 heterocycles. The van der Waals surface area contributed by atoms with E-state index in [1.807, 2.05) is 44.2 Å². The van der Waals surface area contributed by atoms with Gasteiger partial charge in [0.05, 0.1) is 17.7 Å². The van der Waals surface area contributed by atoms with E-state index in [2.05, 4.69) is 4.98 Å². The highest BCUT2D eigenvalue weighted by Crippen LogP contribution is 2.27. The van der Waals surface area contributed by atoms with Crippen LogP contribution in [0.15, 0.2) is 54.6 Å². The normalized spacial score (nSPS) is 12.9. The van der Waals surface area contributed by atoms with Crippen LogP contribution in [0.25, 0.3) is 0 Å². The smallest absolute Gasteiger partial charge is 0.355 e. The van der Waals surface area contributed by atoms with Gasteiger partial charge in [-0.25, -0.2) is 4.79 Å². The Balaban J connectivity index is 1.56. The summed E-state index contributed by atoms with van der Waals surface area (Å²) in [6.07, 6.45) is 0.660. The van der Waals surface area contributed by atoms with E-state index in [0.29, 0.717) is 28.9 Å². The van der Waals surface area contributed by atoms with Crippen LogP contribution in [0, 0.1) is 6.92 Å². The molecule has 4 rings (SSSR count). The summed E-state index contributed by atoms with van der Waals surface area (Å²) in [6, 6.07) is 16.2. The molecule has 0 aliphatic carbocycles. The molecule has 2 amide bonds. The highest BCUT2D eigenvalue weighted by atomic mass is 16.5.